The zero-order chi connectivity index (χ0) is 9.84. The van der Waals surface area contributed by atoms with Gasteiger partial charge in [0.15, 0.2) is 11.6 Å². The van der Waals surface area contributed by atoms with Crippen LogP contribution in [0.1, 0.15) is 0 Å². The second-order valence-corrected chi connectivity index (χ2v) is 2.25. The zero-order valence-electron chi connectivity index (χ0n) is 6.91. The smallest absolute Gasteiger partial charge is 0.437 e. The maximum atomic E-state index is 12.9. The molecule has 13 heavy (non-hydrogen) atoms. The predicted octanol–water partition coefficient (Wildman–Crippen LogP) is 1.55. The summed E-state index contributed by atoms with van der Waals surface area (Å²) in [5.74, 6) is -0.911. The highest BCUT2D eigenvalue weighted by atomic mass is 19.1. The molecule has 4 nitrogen and oxygen atoms in total. The maximum absolute atomic E-state index is 12.9. The Hall–Kier alpha value is -1.78. The van der Waals surface area contributed by atoms with E-state index in [0.717, 1.165) is 13.2 Å². The van der Waals surface area contributed by atoms with Crippen molar-refractivity contribution in [2.45, 2.75) is 0 Å². The molecule has 1 aromatic rings. The molecule has 0 spiro atoms. The Labute approximate surface area is 74.1 Å². The number of ether oxygens (including phenoxy) is 2. The Morgan fingerprint density at radius 2 is 2.23 bits per heavy atom. The lowest BCUT2D eigenvalue weighted by atomic mass is 10.3. The molecule has 2 N–H and O–H groups in total. The number of anilines is 1. The maximum Gasteiger partial charge on any atom is 0.513 e. The molecule has 5 heteroatoms. The van der Waals surface area contributed by atoms with Crippen LogP contribution in [0.15, 0.2) is 18.2 Å². The largest absolute Gasteiger partial charge is 0.513 e. The molecule has 70 valence electrons. The second-order valence-electron chi connectivity index (χ2n) is 2.25. The number of nitrogens with two attached hydrogens (primary N) is 1. The number of carbonyl (C=O) groups is 1. The molecular weight excluding hydrogens is 177 g/mol. The Balaban J connectivity index is 2.83. The minimum atomic E-state index is -0.969. The average molecular weight is 185 g/mol. The van der Waals surface area contributed by atoms with Crippen molar-refractivity contribution in [1.29, 1.82) is 0 Å². The summed E-state index contributed by atoms with van der Waals surface area (Å²) in [5.41, 5.74) is 5.54. The topological polar surface area (TPSA) is 61.5 Å². The van der Waals surface area contributed by atoms with Gasteiger partial charge in [-0.2, -0.15) is 0 Å². The zero-order valence-corrected chi connectivity index (χ0v) is 6.91. The number of halogens is 1. The Bertz CT molecular complexity index is 327. The Morgan fingerprint density at radius 3 is 2.77 bits per heavy atom. The summed E-state index contributed by atoms with van der Waals surface area (Å²) in [6.07, 6.45) is -0.969. The van der Waals surface area contributed by atoms with Crippen LogP contribution in [-0.2, 0) is 4.74 Å². The summed E-state index contributed by atoms with van der Waals surface area (Å²) < 4.78 is 21.6. The van der Waals surface area contributed by atoms with Gasteiger partial charge in [0.25, 0.3) is 0 Å². The van der Waals surface area contributed by atoms with Gasteiger partial charge in [-0.25, -0.2) is 9.18 Å². The molecule has 1 aromatic carbocycles. The van der Waals surface area contributed by atoms with Crippen molar-refractivity contribution in [1.82, 2.24) is 0 Å². The lowest BCUT2D eigenvalue weighted by molar-refractivity contribution is 0.119. The minimum absolute atomic E-state index is 0.207. The summed E-state index contributed by atoms with van der Waals surface area (Å²) in [6.45, 7) is 0. The minimum Gasteiger partial charge on any atom is -0.437 e. The molecule has 0 heterocycles. The second kappa shape index (κ2) is 3.75. The summed E-state index contributed by atoms with van der Waals surface area (Å²) >= 11 is 0. The van der Waals surface area contributed by atoms with Gasteiger partial charge in [-0.05, 0) is 12.1 Å². The average Bonchev–Trinajstić information content (AvgIpc) is 2.09. The third kappa shape index (κ3) is 2.33. The van der Waals surface area contributed by atoms with Crippen LogP contribution in [0.3, 0.4) is 0 Å². The first-order valence-corrected chi connectivity index (χ1v) is 3.44. The van der Waals surface area contributed by atoms with E-state index in [1.165, 1.54) is 12.1 Å². The number of hydrogen-bond donors (Lipinski definition) is 1. The van der Waals surface area contributed by atoms with Gasteiger partial charge >= 0.3 is 6.16 Å². The van der Waals surface area contributed by atoms with Gasteiger partial charge in [0.2, 0.25) is 0 Å². The van der Waals surface area contributed by atoms with E-state index in [1.54, 1.807) is 0 Å². The van der Waals surface area contributed by atoms with E-state index in [-0.39, 0.29) is 11.4 Å². The van der Waals surface area contributed by atoms with Crippen LogP contribution < -0.4 is 10.5 Å². The number of methoxy groups -OCH3 is 1. The van der Waals surface area contributed by atoms with E-state index in [4.69, 9.17) is 5.73 Å². The molecule has 1 rings (SSSR count). The molecule has 0 saturated heterocycles. The standard InChI is InChI=1S/C8H8FNO3/c1-12-8(11)13-7-3-2-5(10)4-6(7)9/h2-4H,10H2,1H3. The van der Waals surface area contributed by atoms with Crippen LogP contribution in [0.2, 0.25) is 0 Å². The molecule has 0 aliphatic heterocycles. The van der Waals surface area contributed by atoms with Crippen LogP contribution in [0.25, 0.3) is 0 Å². The number of nitrogen functional groups attached to an aromatic ring is 1. The first kappa shape index (κ1) is 9.31. The van der Waals surface area contributed by atoms with Crippen molar-refractivity contribution < 1.29 is 18.7 Å². The molecular formula is C8H8FNO3. The summed E-state index contributed by atoms with van der Waals surface area (Å²) in [7, 11) is 1.14. The first-order valence-electron chi connectivity index (χ1n) is 3.44. The molecule has 0 aliphatic carbocycles. The molecule has 0 unspecified atom stereocenters. The lowest BCUT2D eigenvalue weighted by Crippen LogP contribution is -2.08. The summed E-state index contributed by atoms with van der Waals surface area (Å²) in [6, 6.07) is 3.72. The summed E-state index contributed by atoms with van der Waals surface area (Å²) in [4.78, 5) is 10.6. The molecule has 0 atom stereocenters. The third-order valence-electron chi connectivity index (χ3n) is 1.32. The van der Waals surface area contributed by atoms with Crippen LogP contribution in [0.5, 0.6) is 5.75 Å². The highest BCUT2D eigenvalue weighted by molar-refractivity contribution is 5.64. The Morgan fingerprint density at radius 1 is 1.54 bits per heavy atom. The van der Waals surface area contributed by atoms with Gasteiger partial charge in [0.05, 0.1) is 7.11 Å². The number of hydrogen-bond acceptors (Lipinski definition) is 4. The third-order valence-corrected chi connectivity index (χ3v) is 1.32. The van der Waals surface area contributed by atoms with Gasteiger partial charge in [-0.15, -0.1) is 0 Å². The van der Waals surface area contributed by atoms with Gasteiger partial charge in [-0.3, -0.25) is 0 Å². The highest BCUT2D eigenvalue weighted by Crippen LogP contribution is 2.19. The van der Waals surface area contributed by atoms with E-state index in [0.29, 0.717) is 0 Å². The van der Waals surface area contributed by atoms with Gasteiger partial charge in [-0.1, -0.05) is 0 Å². The van der Waals surface area contributed by atoms with E-state index in [2.05, 4.69) is 9.47 Å². The Kier molecular flexibility index (Phi) is 2.69. The first-order chi connectivity index (χ1) is 6.13. The number of carbonyl (C=O) groups excluding carboxylic acids is 1. The normalized spacial score (nSPS) is 9.38. The molecule has 0 bridgehead atoms. The SMILES string of the molecule is COC(=O)Oc1ccc(N)cc1F. The molecule has 0 fully saturated rings. The fourth-order valence-corrected chi connectivity index (χ4v) is 0.731. The monoisotopic (exact) mass is 185 g/mol. The predicted molar refractivity (Wildman–Crippen MR) is 43.8 cm³/mol. The van der Waals surface area contributed by atoms with E-state index in [1.807, 2.05) is 0 Å². The van der Waals surface area contributed by atoms with Crippen LogP contribution in [0.4, 0.5) is 14.9 Å². The number of rotatable bonds is 1. The van der Waals surface area contributed by atoms with Crippen molar-refractivity contribution in [2.75, 3.05) is 12.8 Å². The van der Waals surface area contributed by atoms with Gasteiger partial charge in [0, 0.05) is 11.8 Å². The van der Waals surface area contributed by atoms with Crippen LogP contribution in [-0.4, -0.2) is 13.3 Å². The fourth-order valence-electron chi connectivity index (χ4n) is 0.731. The van der Waals surface area contributed by atoms with Crippen molar-refractivity contribution in [3.05, 3.63) is 24.0 Å². The van der Waals surface area contributed by atoms with Crippen molar-refractivity contribution in [3.63, 3.8) is 0 Å². The molecule has 0 amide bonds. The van der Waals surface area contributed by atoms with E-state index in [9.17, 15) is 9.18 Å². The van der Waals surface area contributed by atoms with Crippen LogP contribution in [0, 0.1) is 5.82 Å². The molecule has 0 aliphatic rings. The highest BCUT2D eigenvalue weighted by Gasteiger charge is 2.08. The molecule has 0 aromatic heterocycles. The van der Waals surface area contributed by atoms with Crippen molar-refractivity contribution >= 4 is 11.8 Å². The van der Waals surface area contributed by atoms with Gasteiger partial charge in [0.1, 0.15) is 0 Å². The fraction of sp³-hybridized carbons (Fsp3) is 0.125. The van der Waals surface area contributed by atoms with Gasteiger partial charge < -0.3 is 15.2 Å². The molecule has 0 radical (unpaired) electrons. The summed E-state index contributed by atoms with van der Waals surface area (Å²) in [5, 5.41) is 0. The molecule has 0 saturated carbocycles. The van der Waals surface area contributed by atoms with E-state index < -0.39 is 12.0 Å². The van der Waals surface area contributed by atoms with Crippen molar-refractivity contribution in [3.8, 4) is 5.75 Å². The van der Waals surface area contributed by atoms with E-state index >= 15 is 0 Å². The van der Waals surface area contributed by atoms with Crippen LogP contribution >= 0.6 is 0 Å². The quantitative estimate of drug-likeness (QED) is 0.409. The number of benzene rings is 1. The van der Waals surface area contributed by atoms with Crippen molar-refractivity contribution in [2.24, 2.45) is 0 Å². The lowest BCUT2D eigenvalue weighted by Gasteiger charge is -2.03.